The molecule has 0 aliphatic heterocycles. The van der Waals surface area contributed by atoms with E-state index in [-0.39, 0.29) is 13.2 Å². The van der Waals surface area contributed by atoms with Crippen LogP contribution in [0.3, 0.4) is 0 Å². The fraction of sp³-hybridized carbons (Fsp3) is 0.273. The minimum absolute atomic E-state index is 0.107. The number of benzene rings is 1. The Morgan fingerprint density at radius 2 is 1.94 bits per heavy atom. The molecule has 0 bridgehead atoms. The van der Waals surface area contributed by atoms with Gasteiger partial charge in [0.25, 0.3) is 0 Å². The second kappa shape index (κ2) is 6.88. The molecule has 0 saturated heterocycles. The normalized spacial score (nSPS) is 9.76. The molecule has 6 heteroatoms. The molecule has 0 unspecified atom stereocenters. The maximum Gasteiger partial charge on any atom is 0.434 e. The molecule has 92 valence electrons. The zero-order valence-corrected chi connectivity index (χ0v) is 10.0. The highest BCUT2D eigenvalue weighted by Gasteiger charge is 2.17. The van der Waals surface area contributed by atoms with Crippen LogP contribution in [0.5, 0.6) is 0 Å². The van der Waals surface area contributed by atoms with Crippen molar-refractivity contribution in [2.24, 2.45) is 0 Å². The van der Waals surface area contributed by atoms with E-state index in [9.17, 15) is 9.59 Å². The molecule has 0 aromatic heterocycles. The van der Waals surface area contributed by atoms with Crippen molar-refractivity contribution < 1.29 is 19.2 Å². The van der Waals surface area contributed by atoms with Gasteiger partial charge in [-0.2, -0.15) is 5.06 Å². The topological polar surface area (TPSA) is 55.8 Å². The van der Waals surface area contributed by atoms with Gasteiger partial charge in [-0.25, -0.2) is 4.79 Å². The number of ether oxygens (including phenoxy) is 1. The molecule has 0 heterocycles. The van der Waals surface area contributed by atoms with Crippen LogP contribution in [0.25, 0.3) is 0 Å². The summed E-state index contributed by atoms with van der Waals surface area (Å²) in [7, 11) is 1.25. The molecule has 0 saturated carbocycles. The molecule has 1 aromatic carbocycles. The van der Waals surface area contributed by atoms with E-state index in [1.807, 2.05) is 30.3 Å². The Labute approximate surface area is 104 Å². The van der Waals surface area contributed by atoms with Crippen LogP contribution in [-0.2, 0) is 21.0 Å². The lowest BCUT2D eigenvalue weighted by Crippen LogP contribution is -2.33. The zero-order chi connectivity index (χ0) is 12.7. The minimum Gasteiger partial charge on any atom is -0.443 e. The van der Waals surface area contributed by atoms with E-state index < -0.39 is 11.3 Å². The van der Waals surface area contributed by atoms with Crippen molar-refractivity contribution in [2.45, 2.75) is 6.61 Å². The van der Waals surface area contributed by atoms with Crippen LogP contribution in [0.2, 0.25) is 0 Å². The largest absolute Gasteiger partial charge is 0.443 e. The summed E-state index contributed by atoms with van der Waals surface area (Å²) < 4.78 is 4.93. The van der Waals surface area contributed by atoms with Gasteiger partial charge in [0.15, 0.2) is 0 Å². The van der Waals surface area contributed by atoms with Gasteiger partial charge in [0, 0.05) is 0 Å². The maximum absolute atomic E-state index is 11.5. The Morgan fingerprint density at radius 1 is 1.29 bits per heavy atom. The lowest BCUT2D eigenvalue weighted by molar-refractivity contribution is -0.133. The number of amides is 1. The van der Waals surface area contributed by atoms with Gasteiger partial charge in [-0.3, -0.25) is 9.63 Å². The second-order valence-electron chi connectivity index (χ2n) is 3.11. The number of hydroxylamine groups is 2. The SMILES string of the molecule is CON(CC(=O)Cl)C(=O)OCc1ccccc1. The van der Waals surface area contributed by atoms with Gasteiger partial charge >= 0.3 is 6.09 Å². The van der Waals surface area contributed by atoms with Crippen molar-refractivity contribution in [1.29, 1.82) is 0 Å². The monoisotopic (exact) mass is 257 g/mol. The predicted octanol–water partition coefficient (Wildman–Crippen LogP) is 1.95. The predicted molar refractivity (Wildman–Crippen MR) is 61.2 cm³/mol. The maximum atomic E-state index is 11.5. The van der Waals surface area contributed by atoms with Gasteiger partial charge in [-0.05, 0) is 17.2 Å². The second-order valence-corrected chi connectivity index (χ2v) is 3.54. The standard InChI is InChI=1S/C11H12ClNO4/c1-16-13(7-10(12)14)11(15)17-8-9-5-3-2-4-6-9/h2-6H,7-8H2,1H3. The summed E-state index contributed by atoms with van der Waals surface area (Å²) >= 11 is 5.14. The number of rotatable bonds is 5. The molecule has 1 amide bonds. The molecule has 1 rings (SSSR count). The molecular weight excluding hydrogens is 246 g/mol. The van der Waals surface area contributed by atoms with Crippen molar-refractivity contribution in [3.05, 3.63) is 35.9 Å². The summed E-state index contributed by atoms with van der Waals surface area (Å²) in [5.74, 6) is 0. The number of hydrogen-bond acceptors (Lipinski definition) is 4. The van der Waals surface area contributed by atoms with E-state index in [0.717, 1.165) is 10.6 Å². The van der Waals surface area contributed by atoms with Gasteiger partial charge in [0.2, 0.25) is 5.24 Å². The van der Waals surface area contributed by atoms with Gasteiger partial charge in [-0.15, -0.1) is 0 Å². The van der Waals surface area contributed by atoms with Gasteiger partial charge in [0.1, 0.15) is 13.2 Å². The van der Waals surface area contributed by atoms with E-state index in [1.54, 1.807) is 0 Å². The first-order chi connectivity index (χ1) is 8.13. The van der Waals surface area contributed by atoms with Crippen LogP contribution in [0.15, 0.2) is 30.3 Å². The summed E-state index contributed by atoms with van der Waals surface area (Å²) in [6.45, 7) is -0.248. The summed E-state index contributed by atoms with van der Waals surface area (Å²) in [5, 5.41) is 0.0432. The van der Waals surface area contributed by atoms with Crippen LogP contribution in [0.4, 0.5) is 4.79 Å². The van der Waals surface area contributed by atoms with E-state index in [2.05, 4.69) is 4.84 Å². The molecule has 0 radical (unpaired) electrons. The highest BCUT2D eigenvalue weighted by atomic mass is 35.5. The van der Waals surface area contributed by atoms with Crippen LogP contribution in [0, 0.1) is 0 Å². The number of carbonyl (C=O) groups is 2. The highest BCUT2D eigenvalue weighted by Crippen LogP contribution is 2.03. The van der Waals surface area contributed by atoms with Crippen molar-refractivity contribution in [2.75, 3.05) is 13.7 Å². The number of carbonyl (C=O) groups excluding carboxylic acids is 2. The van der Waals surface area contributed by atoms with Gasteiger partial charge in [-0.1, -0.05) is 30.3 Å². The Morgan fingerprint density at radius 3 is 2.47 bits per heavy atom. The van der Waals surface area contributed by atoms with E-state index in [1.165, 1.54) is 7.11 Å². The number of hydrogen-bond donors (Lipinski definition) is 0. The first kappa shape index (κ1) is 13.5. The summed E-state index contributed by atoms with van der Waals surface area (Å²) in [5.41, 5.74) is 0.842. The van der Waals surface area contributed by atoms with Crippen LogP contribution < -0.4 is 0 Å². The number of halogens is 1. The summed E-state index contributed by atoms with van der Waals surface area (Å²) in [6.07, 6.45) is -0.759. The van der Waals surface area contributed by atoms with Crippen molar-refractivity contribution >= 4 is 22.9 Å². The van der Waals surface area contributed by atoms with Crippen LogP contribution >= 0.6 is 11.6 Å². The summed E-state index contributed by atoms with van der Waals surface area (Å²) in [4.78, 5) is 26.7. The lowest BCUT2D eigenvalue weighted by atomic mass is 10.2. The van der Waals surface area contributed by atoms with E-state index in [4.69, 9.17) is 16.3 Å². The highest BCUT2D eigenvalue weighted by molar-refractivity contribution is 6.64. The van der Waals surface area contributed by atoms with Gasteiger partial charge < -0.3 is 4.74 Å². The Hall–Kier alpha value is -1.59. The minimum atomic E-state index is -0.759. The Balaban J connectivity index is 2.45. The number of nitrogens with zero attached hydrogens (tertiary/aromatic N) is 1. The van der Waals surface area contributed by atoms with E-state index in [0.29, 0.717) is 0 Å². The third kappa shape index (κ3) is 4.84. The molecule has 5 nitrogen and oxygen atoms in total. The van der Waals surface area contributed by atoms with Crippen LogP contribution in [0.1, 0.15) is 5.56 Å². The zero-order valence-electron chi connectivity index (χ0n) is 9.26. The summed E-state index contributed by atoms with van der Waals surface area (Å²) in [6, 6.07) is 9.16. The first-order valence-electron chi connectivity index (χ1n) is 4.84. The Bertz CT molecular complexity index is 382. The average Bonchev–Trinajstić information content (AvgIpc) is 2.34. The van der Waals surface area contributed by atoms with Crippen molar-refractivity contribution in [1.82, 2.24) is 5.06 Å². The fourth-order valence-electron chi connectivity index (χ4n) is 1.11. The third-order valence-electron chi connectivity index (χ3n) is 1.90. The van der Waals surface area contributed by atoms with Crippen LogP contribution in [-0.4, -0.2) is 30.1 Å². The molecule has 0 aliphatic carbocycles. The van der Waals surface area contributed by atoms with Crippen molar-refractivity contribution in [3.8, 4) is 0 Å². The molecular formula is C11H12ClNO4. The van der Waals surface area contributed by atoms with Crippen molar-refractivity contribution in [3.63, 3.8) is 0 Å². The molecule has 0 aliphatic rings. The fourth-order valence-corrected chi connectivity index (χ4v) is 1.22. The molecule has 1 aromatic rings. The molecule has 0 fully saturated rings. The quantitative estimate of drug-likeness (QED) is 0.598. The lowest BCUT2D eigenvalue weighted by Gasteiger charge is -2.17. The molecule has 17 heavy (non-hydrogen) atoms. The Kier molecular flexibility index (Phi) is 5.45. The molecule has 0 atom stereocenters. The van der Waals surface area contributed by atoms with E-state index >= 15 is 0 Å². The van der Waals surface area contributed by atoms with Gasteiger partial charge in [0.05, 0.1) is 7.11 Å². The smallest absolute Gasteiger partial charge is 0.434 e. The molecule has 0 N–H and O–H groups in total. The first-order valence-corrected chi connectivity index (χ1v) is 5.22. The third-order valence-corrected chi connectivity index (χ3v) is 2.02. The average molecular weight is 258 g/mol. The molecule has 0 spiro atoms.